The van der Waals surface area contributed by atoms with Gasteiger partial charge in [0.2, 0.25) is 0 Å². The van der Waals surface area contributed by atoms with Crippen molar-refractivity contribution >= 4 is 0 Å². The summed E-state index contributed by atoms with van der Waals surface area (Å²) in [4.78, 5) is 0. The first-order valence-corrected chi connectivity index (χ1v) is 14.8. The van der Waals surface area contributed by atoms with E-state index in [0.717, 1.165) is 5.92 Å². The highest BCUT2D eigenvalue weighted by Crippen LogP contribution is 2.19. The molecule has 0 aliphatic rings. The van der Waals surface area contributed by atoms with Crippen molar-refractivity contribution in [3.63, 3.8) is 0 Å². The number of hydrogen-bond donors (Lipinski definition) is 0. The van der Waals surface area contributed by atoms with Crippen LogP contribution in [0.15, 0.2) is 0 Å². The largest absolute Gasteiger partial charge is 0.0654 e. The van der Waals surface area contributed by atoms with Crippen LogP contribution in [0.1, 0.15) is 188 Å². The van der Waals surface area contributed by atoms with Crippen LogP contribution in [0.4, 0.5) is 0 Å². The molecule has 0 bridgehead atoms. The minimum atomic E-state index is 0.970. The third-order valence-electron chi connectivity index (χ3n) is 7.10. The van der Waals surface area contributed by atoms with Crippen LogP contribution in [0.25, 0.3) is 0 Å². The molecule has 0 fully saturated rings. The Balaban J connectivity index is 3.09. The van der Waals surface area contributed by atoms with Gasteiger partial charge in [0.15, 0.2) is 0 Å². The lowest BCUT2D eigenvalue weighted by molar-refractivity contribution is 0.430. The van der Waals surface area contributed by atoms with Crippen molar-refractivity contribution in [3.8, 4) is 0 Å². The van der Waals surface area contributed by atoms with Crippen LogP contribution in [-0.2, 0) is 0 Å². The fourth-order valence-corrected chi connectivity index (χ4v) is 4.81. The summed E-state index contributed by atoms with van der Waals surface area (Å²) in [5.41, 5.74) is 0. The van der Waals surface area contributed by atoms with Gasteiger partial charge >= 0.3 is 0 Å². The van der Waals surface area contributed by atoms with Crippen LogP contribution in [0.5, 0.6) is 0 Å². The minimum absolute atomic E-state index is 0.970. The van der Waals surface area contributed by atoms with Crippen molar-refractivity contribution in [1.82, 2.24) is 0 Å². The summed E-state index contributed by atoms with van der Waals surface area (Å²) in [6.45, 7) is 7.10. The predicted octanol–water partition coefficient (Wildman–Crippen LogP) is 11.8. The van der Waals surface area contributed by atoms with Gasteiger partial charge in [-0.05, 0) is 5.92 Å². The third kappa shape index (κ3) is 26.0. The van der Waals surface area contributed by atoms with E-state index >= 15 is 0 Å². The van der Waals surface area contributed by atoms with Crippen LogP contribution in [0, 0.1) is 5.92 Å². The number of hydrogen-bond acceptors (Lipinski definition) is 0. The smallest absolute Gasteiger partial charge is 0.0443 e. The highest BCUT2D eigenvalue weighted by atomic mass is 14.1. The molecule has 0 heterocycles. The van der Waals surface area contributed by atoms with Crippen molar-refractivity contribution in [2.75, 3.05) is 0 Å². The molecular weight excluding hydrogens is 360 g/mol. The Morgan fingerprint density at radius 3 is 0.733 bits per heavy atom. The van der Waals surface area contributed by atoms with Crippen LogP contribution < -0.4 is 0 Å². The SMILES string of the molecule is CCCCCCCCCCCCCCCCCCCC[C@@H](C)CCCCCCCC. The van der Waals surface area contributed by atoms with Gasteiger partial charge < -0.3 is 0 Å². The summed E-state index contributed by atoms with van der Waals surface area (Å²) in [6, 6.07) is 0. The molecule has 0 radical (unpaired) electrons. The van der Waals surface area contributed by atoms with Crippen LogP contribution in [0.2, 0.25) is 0 Å². The van der Waals surface area contributed by atoms with E-state index in [1.54, 1.807) is 0 Å². The Labute approximate surface area is 193 Å². The van der Waals surface area contributed by atoms with Crippen molar-refractivity contribution < 1.29 is 0 Å². The molecule has 0 amide bonds. The normalized spacial score (nSPS) is 12.5. The molecule has 1 atom stereocenters. The molecular formula is C30H62. The molecule has 30 heavy (non-hydrogen) atoms. The molecule has 0 saturated carbocycles. The van der Waals surface area contributed by atoms with Crippen molar-refractivity contribution in [2.45, 2.75) is 188 Å². The lowest BCUT2D eigenvalue weighted by Crippen LogP contribution is -1.95. The van der Waals surface area contributed by atoms with E-state index in [1.165, 1.54) is 167 Å². The first kappa shape index (κ1) is 30.0. The highest BCUT2D eigenvalue weighted by Gasteiger charge is 2.02. The summed E-state index contributed by atoms with van der Waals surface area (Å²) in [5.74, 6) is 0.970. The Morgan fingerprint density at radius 2 is 0.500 bits per heavy atom. The maximum absolute atomic E-state index is 2.49. The second-order valence-corrected chi connectivity index (χ2v) is 10.5. The fraction of sp³-hybridized carbons (Fsp3) is 1.00. The van der Waals surface area contributed by atoms with Gasteiger partial charge in [-0.3, -0.25) is 0 Å². The molecule has 0 aromatic carbocycles. The van der Waals surface area contributed by atoms with Crippen molar-refractivity contribution in [1.29, 1.82) is 0 Å². The molecule has 0 saturated heterocycles. The zero-order valence-corrected chi connectivity index (χ0v) is 22.0. The molecule has 0 aliphatic carbocycles. The standard InChI is InChI=1S/C30H62/c1-4-6-8-10-12-13-14-15-16-17-18-19-20-21-22-23-25-27-29-30(3)28-26-24-11-9-7-5-2/h30H,4-29H2,1-3H3/t30-/m0/s1. The highest BCUT2D eigenvalue weighted by molar-refractivity contribution is 4.56. The zero-order valence-electron chi connectivity index (χ0n) is 22.0. The Kier molecular flexibility index (Phi) is 27.0. The van der Waals surface area contributed by atoms with Crippen LogP contribution in [0.3, 0.4) is 0 Å². The van der Waals surface area contributed by atoms with E-state index < -0.39 is 0 Å². The third-order valence-corrected chi connectivity index (χ3v) is 7.10. The van der Waals surface area contributed by atoms with Crippen molar-refractivity contribution in [3.05, 3.63) is 0 Å². The molecule has 182 valence electrons. The second-order valence-electron chi connectivity index (χ2n) is 10.5. The molecule has 0 spiro atoms. The van der Waals surface area contributed by atoms with E-state index in [2.05, 4.69) is 20.8 Å². The van der Waals surface area contributed by atoms with Gasteiger partial charge in [-0.25, -0.2) is 0 Å². The van der Waals surface area contributed by atoms with Crippen molar-refractivity contribution in [2.24, 2.45) is 5.92 Å². The summed E-state index contributed by atoms with van der Waals surface area (Å²) in [7, 11) is 0. The Morgan fingerprint density at radius 1 is 0.300 bits per heavy atom. The topological polar surface area (TPSA) is 0 Å². The van der Waals surface area contributed by atoms with Gasteiger partial charge in [-0.15, -0.1) is 0 Å². The lowest BCUT2D eigenvalue weighted by atomic mass is 9.96. The minimum Gasteiger partial charge on any atom is -0.0654 e. The van der Waals surface area contributed by atoms with Gasteiger partial charge in [0, 0.05) is 0 Å². The average Bonchev–Trinajstić information content (AvgIpc) is 2.75. The predicted molar refractivity (Wildman–Crippen MR) is 141 cm³/mol. The van der Waals surface area contributed by atoms with Gasteiger partial charge in [0.05, 0.1) is 0 Å². The second kappa shape index (κ2) is 27.0. The molecule has 0 N–H and O–H groups in total. The number of unbranched alkanes of at least 4 members (excludes halogenated alkanes) is 22. The van der Waals surface area contributed by atoms with E-state index in [1.807, 2.05) is 0 Å². The average molecular weight is 423 g/mol. The summed E-state index contributed by atoms with van der Waals surface area (Å²) >= 11 is 0. The van der Waals surface area contributed by atoms with Gasteiger partial charge in [-0.1, -0.05) is 188 Å². The maximum atomic E-state index is 2.49. The molecule has 0 aromatic heterocycles. The Hall–Kier alpha value is 0. The zero-order chi connectivity index (χ0) is 22.0. The van der Waals surface area contributed by atoms with E-state index in [-0.39, 0.29) is 0 Å². The van der Waals surface area contributed by atoms with Crippen LogP contribution >= 0.6 is 0 Å². The Bertz CT molecular complexity index is 282. The van der Waals surface area contributed by atoms with E-state index in [4.69, 9.17) is 0 Å². The summed E-state index contributed by atoms with van der Waals surface area (Å²) in [5, 5.41) is 0. The van der Waals surface area contributed by atoms with Crippen LogP contribution in [-0.4, -0.2) is 0 Å². The summed E-state index contributed by atoms with van der Waals surface area (Å²) in [6.07, 6.45) is 38.3. The number of rotatable bonds is 26. The molecule has 0 nitrogen and oxygen atoms in total. The fourth-order valence-electron chi connectivity index (χ4n) is 4.81. The first-order chi connectivity index (χ1) is 14.8. The lowest BCUT2D eigenvalue weighted by Gasteiger charge is -2.11. The molecule has 0 unspecified atom stereocenters. The van der Waals surface area contributed by atoms with E-state index in [0.29, 0.717) is 0 Å². The molecule has 0 rings (SSSR count). The monoisotopic (exact) mass is 422 g/mol. The molecule has 0 heteroatoms. The first-order valence-electron chi connectivity index (χ1n) is 14.8. The molecule has 0 aromatic rings. The van der Waals surface area contributed by atoms with Gasteiger partial charge in [0.25, 0.3) is 0 Å². The summed E-state index contributed by atoms with van der Waals surface area (Å²) < 4.78 is 0. The quantitative estimate of drug-likeness (QED) is 0.122. The maximum Gasteiger partial charge on any atom is -0.0443 e. The molecule has 0 aliphatic heterocycles. The van der Waals surface area contributed by atoms with E-state index in [9.17, 15) is 0 Å². The van der Waals surface area contributed by atoms with Gasteiger partial charge in [-0.2, -0.15) is 0 Å². The van der Waals surface area contributed by atoms with Gasteiger partial charge in [0.1, 0.15) is 0 Å².